The Hall–Kier alpha value is -3.00. The molecule has 1 aliphatic rings. The number of carbonyl (C=O) groups is 1. The van der Waals surface area contributed by atoms with Crippen LogP contribution in [0.4, 0.5) is 14.6 Å². The van der Waals surface area contributed by atoms with Crippen molar-refractivity contribution in [3.8, 4) is 28.1 Å². The summed E-state index contributed by atoms with van der Waals surface area (Å²) in [7, 11) is 0. The van der Waals surface area contributed by atoms with E-state index < -0.39 is 11.6 Å². The SMILES string of the molecule is O=C1CCCN1CCCNc1cc(-c2cccc(F)c2F)cc(-c2cc(Br)ccc2O)n1. The molecule has 0 atom stereocenters. The topological polar surface area (TPSA) is 65.5 Å². The van der Waals surface area contributed by atoms with Crippen molar-refractivity contribution in [3.63, 3.8) is 0 Å². The first-order valence-electron chi connectivity index (χ1n) is 10.4. The highest BCUT2D eigenvalue weighted by atomic mass is 79.9. The van der Waals surface area contributed by atoms with E-state index >= 15 is 0 Å². The molecule has 8 heteroatoms. The van der Waals surface area contributed by atoms with E-state index in [0.717, 1.165) is 29.9 Å². The highest BCUT2D eigenvalue weighted by Gasteiger charge is 2.19. The van der Waals surface area contributed by atoms with Gasteiger partial charge in [0.1, 0.15) is 11.6 Å². The average molecular weight is 502 g/mol. The zero-order chi connectivity index (χ0) is 22.7. The average Bonchev–Trinajstić information content (AvgIpc) is 3.19. The molecule has 0 radical (unpaired) electrons. The van der Waals surface area contributed by atoms with Crippen molar-refractivity contribution in [3.05, 3.63) is 64.6 Å². The number of rotatable bonds is 7. The molecule has 0 spiro atoms. The molecule has 32 heavy (non-hydrogen) atoms. The molecule has 0 aliphatic carbocycles. The summed E-state index contributed by atoms with van der Waals surface area (Å²) in [5.41, 5.74) is 1.42. The zero-order valence-electron chi connectivity index (χ0n) is 17.2. The number of aromatic hydroxyl groups is 1. The molecule has 5 nitrogen and oxygen atoms in total. The number of nitrogens with zero attached hydrogens (tertiary/aromatic N) is 2. The normalized spacial score (nSPS) is 13.6. The molecule has 1 saturated heterocycles. The summed E-state index contributed by atoms with van der Waals surface area (Å²) in [5, 5.41) is 13.6. The van der Waals surface area contributed by atoms with Crippen LogP contribution in [0.3, 0.4) is 0 Å². The van der Waals surface area contributed by atoms with E-state index in [9.17, 15) is 18.7 Å². The molecular formula is C24H22BrF2N3O2. The molecule has 4 rings (SSSR count). The third kappa shape index (κ3) is 4.91. The van der Waals surface area contributed by atoms with Gasteiger partial charge in [-0.15, -0.1) is 0 Å². The Kier molecular flexibility index (Phi) is 6.69. The van der Waals surface area contributed by atoms with Crippen LogP contribution in [0.25, 0.3) is 22.4 Å². The maximum absolute atomic E-state index is 14.5. The van der Waals surface area contributed by atoms with Gasteiger partial charge >= 0.3 is 0 Å². The number of hydrogen-bond donors (Lipinski definition) is 2. The van der Waals surface area contributed by atoms with Crippen molar-refractivity contribution in [1.29, 1.82) is 0 Å². The molecule has 1 fully saturated rings. The predicted octanol–water partition coefficient (Wildman–Crippen LogP) is 5.59. The maximum Gasteiger partial charge on any atom is 0.222 e. The van der Waals surface area contributed by atoms with Crippen LogP contribution in [0, 0.1) is 11.6 Å². The van der Waals surface area contributed by atoms with Crippen LogP contribution in [0.1, 0.15) is 19.3 Å². The van der Waals surface area contributed by atoms with E-state index in [0.29, 0.717) is 42.1 Å². The van der Waals surface area contributed by atoms with Gasteiger partial charge in [0, 0.05) is 41.7 Å². The zero-order valence-corrected chi connectivity index (χ0v) is 18.8. The molecule has 2 aromatic carbocycles. The number of hydrogen-bond acceptors (Lipinski definition) is 4. The van der Waals surface area contributed by atoms with Crippen LogP contribution in [0.15, 0.2) is 53.0 Å². The number of likely N-dealkylation sites (tertiary alicyclic amines) is 1. The third-order valence-corrected chi connectivity index (χ3v) is 5.90. The van der Waals surface area contributed by atoms with Crippen LogP contribution < -0.4 is 5.32 Å². The highest BCUT2D eigenvalue weighted by molar-refractivity contribution is 9.10. The number of benzene rings is 2. The molecule has 2 heterocycles. The first-order valence-corrected chi connectivity index (χ1v) is 11.2. The molecular weight excluding hydrogens is 480 g/mol. The Labute approximate surface area is 193 Å². The lowest BCUT2D eigenvalue weighted by Gasteiger charge is -2.16. The Morgan fingerprint density at radius 3 is 2.75 bits per heavy atom. The number of pyridine rings is 1. The van der Waals surface area contributed by atoms with Crippen molar-refractivity contribution >= 4 is 27.7 Å². The molecule has 3 aromatic rings. The van der Waals surface area contributed by atoms with Gasteiger partial charge in [0.15, 0.2) is 11.6 Å². The van der Waals surface area contributed by atoms with Gasteiger partial charge in [-0.2, -0.15) is 0 Å². The molecule has 1 aromatic heterocycles. The number of amides is 1. The van der Waals surface area contributed by atoms with Gasteiger partial charge in [-0.25, -0.2) is 13.8 Å². The van der Waals surface area contributed by atoms with E-state index in [1.165, 1.54) is 18.2 Å². The van der Waals surface area contributed by atoms with E-state index in [-0.39, 0.29) is 17.2 Å². The van der Waals surface area contributed by atoms with Crippen molar-refractivity contribution in [1.82, 2.24) is 9.88 Å². The second-order valence-electron chi connectivity index (χ2n) is 7.65. The fourth-order valence-electron chi connectivity index (χ4n) is 3.78. The number of carbonyl (C=O) groups excluding carboxylic acids is 1. The largest absolute Gasteiger partial charge is 0.507 e. The summed E-state index contributed by atoms with van der Waals surface area (Å²) in [6.07, 6.45) is 2.23. The van der Waals surface area contributed by atoms with E-state index in [1.807, 2.05) is 4.90 Å². The summed E-state index contributed by atoms with van der Waals surface area (Å²) in [6, 6.07) is 12.2. The number of nitrogens with one attached hydrogen (secondary N) is 1. The quantitative estimate of drug-likeness (QED) is 0.414. The second kappa shape index (κ2) is 9.65. The van der Waals surface area contributed by atoms with E-state index in [1.54, 1.807) is 24.3 Å². The van der Waals surface area contributed by atoms with Crippen molar-refractivity contribution < 1.29 is 18.7 Å². The molecule has 0 bridgehead atoms. The maximum atomic E-state index is 14.5. The summed E-state index contributed by atoms with van der Waals surface area (Å²) in [5.74, 6) is -1.21. The number of phenols is 1. The molecule has 0 saturated carbocycles. The van der Waals surface area contributed by atoms with Gasteiger partial charge in [-0.05, 0) is 54.8 Å². The third-order valence-electron chi connectivity index (χ3n) is 5.40. The lowest BCUT2D eigenvalue weighted by molar-refractivity contribution is -0.127. The first kappa shape index (κ1) is 22.2. The van der Waals surface area contributed by atoms with Crippen molar-refractivity contribution in [2.75, 3.05) is 25.0 Å². The molecule has 2 N–H and O–H groups in total. The fourth-order valence-corrected chi connectivity index (χ4v) is 4.14. The minimum atomic E-state index is -0.943. The van der Waals surface area contributed by atoms with Gasteiger partial charge < -0.3 is 15.3 Å². The molecule has 166 valence electrons. The summed E-state index contributed by atoms with van der Waals surface area (Å²) < 4.78 is 29.1. The lowest BCUT2D eigenvalue weighted by Crippen LogP contribution is -2.27. The monoisotopic (exact) mass is 501 g/mol. The highest BCUT2D eigenvalue weighted by Crippen LogP contribution is 2.35. The van der Waals surface area contributed by atoms with Crippen LogP contribution in [0.2, 0.25) is 0 Å². The number of aromatic nitrogens is 1. The standard InChI is InChI=1S/C24H22BrF2N3O2/c25-16-7-8-21(31)18(14-16)20-12-15(17-4-1-5-19(26)24(17)27)13-22(29-20)28-9-3-11-30-10-2-6-23(30)32/h1,4-5,7-8,12-14,31H,2-3,6,9-11H2,(H,28,29). The van der Waals surface area contributed by atoms with Crippen LogP contribution in [-0.2, 0) is 4.79 Å². The van der Waals surface area contributed by atoms with E-state index in [2.05, 4.69) is 26.2 Å². The van der Waals surface area contributed by atoms with Gasteiger partial charge in [0.2, 0.25) is 5.91 Å². The minimum Gasteiger partial charge on any atom is -0.507 e. The molecule has 1 aliphatic heterocycles. The Bertz CT molecular complexity index is 1140. The molecule has 1 amide bonds. The Balaban J connectivity index is 1.63. The van der Waals surface area contributed by atoms with Gasteiger partial charge in [0.25, 0.3) is 0 Å². The summed E-state index contributed by atoms with van der Waals surface area (Å²) >= 11 is 3.39. The fraction of sp³-hybridized carbons (Fsp3) is 0.250. The smallest absolute Gasteiger partial charge is 0.222 e. The predicted molar refractivity (Wildman–Crippen MR) is 123 cm³/mol. The molecule has 0 unspecified atom stereocenters. The van der Waals surface area contributed by atoms with Crippen LogP contribution in [0.5, 0.6) is 5.75 Å². The van der Waals surface area contributed by atoms with E-state index in [4.69, 9.17) is 0 Å². The lowest BCUT2D eigenvalue weighted by atomic mass is 10.0. The first-order chi connectivity index (χ1) is 15.4. The van der Waals surface area contributed by atoms with Crippen molar-refractivity contribution in [2.24, 2.45) is 0 Å². The van der Waals surface area contributed by atoms with Gasteiger partial charge in [-0.3, -0.25) is 4.79 Å². The number of halogens is 3. The number of anilines is 1. The van der Waals surface area contributed by atoms with Gasteiger partial charge in [0.05, 0.1) is 5.69 Å². The van der Waals surface area contributed by atoms with Crippen molar-refractivity contribution in [2.45, 2.75) is 19.3 Å². The van der Waals surface area contributed by atoms with Gasteiger partial charge in [-0.1, -0.05) is 28.1 Å². The minimum absolute atomic E-state index is 0.0241. The summed E-state index contributed by atoms with van der Waals surface area (Å²) in [4.78, 5) is 18.2. The number of phenolic OH excluding ortho intramolecular Hbond substituents is 1. The second-order valence-corrected chi connectivity index (χ2v) is 8.57. The summed E-state index contributed by atoms with van der Waals surface area (Å²) in [6.45, 7) is 2.00. The van der Waals surface area contributed by atoms with Crippen LogP contribution >= 0.6 is 15.9 Å². The Morgan fingerprint density at radius 2 is 1.97 bits per heavy atom. The van der Waals surface area contributed by atoms with Crippen LogP contribution in [-0.4, -0.2) is 40.5 Å². The Morgan fingerprint density at radius 1 is 1.12 bits per heavy atom.